The molecule has 1 aromatic heterocycles. The molecule has 0 radical (unpaired) electrons. The molecule has 1 heterocycles. The number of hydrazine groups is 1. The molecule has 0 bridgehead atoms. The fourth-order valence-corrected chi connectivity index (χ4v) is 4.06. The van der Waals surface area contributed by atoms with E-state index in [1.165, 1.54) is 30.6 Å². The van der Waals surface area contributed by atoms with Gasteiger partial charge in [0.2, 0.25) is 0 Å². The molecule has 1 saturated carbocycles. The second kappa shape index (κ2) is 5.50. The number of hydrogen-bond donors (Lipinski definition) is 2. The van der Waals surface area contributed by atoms with Gasteiger partial charge in [0.1, 0.15) is 0 Å². The maximum Gasteiger partial charge on any atom is 0.0596 e. The van der Waals surface area contributed by atoms with Gasteiger partial charge in [-0.2, -0.15) is 0 Å². The van der Waals surface area contributed by atoms with Gasteiger partial charge in [-0.15, -0.1) is 11.3 Å². The van der Waals surface area contributed by atoms with E-state index < -0.39 is 0 Å². The van der Waals surface area contributed by atoms with Gasteiger partial charge in [0.05, 0.1) is 11.1 Å². The average Bonchev–Trinajstić information content (AvgIpc) is 2.67. The zero-order valence-electron chi connectivity index (χ0n) is 9.58. The van der Waals surface area contributed by atoms with Crippen LogP contribution < -0.4 is 11.3 Å². The molecule has 0 aromatic carbocycles. The molecule has 2 nitrogen and oxygen atoms in total. The molecule has 3 unspecified atom stereocenters. The van der Waals surface area contributed by atoms with Gasteiger partial charge < -0.3 is 0 Å². The molecule has 3 atom stereocenters. The van der Waals surface area contributed by atoms with Crippen LogP contribution in [0.15, 0.2) is 11.4 Å². The molecule has 3 N–H and O–H groups in total. The zero-order chi connectivity index (χ0) is 11.5. The largest absolute Gasteiger partial charge is 0.271 e. The zero-order valence-corrected chi connectivity index (χ0v) is 11.2. The maximum atomic E-state index is 6.18. The predicted octanol–water partition coefficient (Wildman–Crippen LogP) is 3.73. The summed E-state index contributed by atoms with van der Waals surface area (Å²) < 4.78 is 0. The molecular formula is C12H19ClN2S. The second-order valence-electron chi connectivity index (χ2n) is 4.81. The van der Waals surface area contributed by atoms with Gasteiger partial charge >= 0.3 is 0 Å². The van der Waals surface area contributed by atoms with Crippen molar-refractivity contribution in [3.8, 4) is 0 Å². The highest BCUT2D eigenvalue weighted by atomic mass is 35.5. The molecule has 1 fully saturated rings. The molecule has 0 amide bonds. The summed E-state index contributed by atoms with van der Waals surface area (Å²) in [5.41, 5.74) is 2.96. The van der Waals surface area contributed by atoms with E-state index in [4.69, 9.17) is 17.4 Å². The Balaban J connectivity index is 2.13. The summed E-state index contributed by atoms with van der Waals surface area (Å²) in [6.45, 7) is 2.33. The van der Waals surface area contributed by atoms with Crippen molar-refractivity contribution in [2.45, 2.75) is 38.6 Å². The Labute approximate surface area is 106 Å². The molecule has 90 valence electrons. The average molecular weight is 259 g/mol. The van der Waals surface area contributed by atoms with Gasteiger partial charge in [0, 0.05) is 4.88 Å². The van der Waals surface area contributed by atoms with Crippen LogP contribution in [-0.4, -0.2) is 0 Å². The van der Waals surface area contributed by atoms with E-state index in [2.05, 4.69) is 12.3 Å². The maximum absolute atomic E-state index is 6.18. The Morgan fingerprint density at radius 2 is 2.38 bits per heavy atom. The highest BCUT2D eigenvalue weighted by Gasteiger charge is 2.28. The van der Waals surface area contributed by atoms with E-state index in [9.17, 15) is 0 Å². The molecule has 0 saturated heterocycles. The van der Waals surface area contributed by atoms with E-state index >= 15 is 0 Å². The minimum atomic E-state index is 0.232. The van der Waals surface area contributed by atoms with Crippen LogP contribution >= 0.6 is 22.9 Å². The number of thiophene rings is 1. The van der Waals surface area contributed by atoms with Crippen molar-refractivity contribution in [2.24, 2.45) is 17.7 Å². The first-order chi connectivity index (χ1) is 7.72. The van der Waals surface area contributed by atoms with Crippen LogP contribution in [0.5, 0.6) is 0 Å². The Kier molecular flexibility index (Phi) is 4.25. The fraction of sp³-hybridized carbons (Fsp3) is 0.667. The summed E-state index contributed by atoms with van der Waals surface area (Å²) in [5, 5.41) is 2.89. The SMILES string of the molecule is CC1CCCC(C(NN)c2sccc2Cl)C1. The van der Waals surface area contributed by atoms with Crippen molar-refractivity contribution in [1.29, 1.82) is 0 Å². The van der Waals surface area contributed by atoms with Crippen LogP contribution in [0, 0.1) is 11.8 Å². The lowest BCUT2D eigenvalue weighted by atomic mass is 9.78. The number of rotatable bonds is 3. The summed E-state index contributed by atoms with van der Waals surface area (Å²) in [4.78, 5) is 1.20. The second-order valence-corrected chi connectivity index (χ2v) is 6.16. The Bertz CT molecular complexity index is 340. The molecule has 4 heteroatoms. The quantitative estimate of drug-likeness (QED) is 0.640. The van der Waals surface area contributed by atoms with E-state index in [-0.39, 0.29) is 6.04 Å². The first kappa shape index (κ1) is 12.4. The van der Waals surface area contributed by atoms with Gasteiger partial charge in [0.15, 0.2) is 0 Å². The van der Waals surface area contributed by atoms with Crippen LogP contribution in [0.4, 0.5) is 0 Å². The van der Waals surface area contributed by atoms with Crippen molar-refractivity contribution in [3.05, 3.63) is 21.3 Å². The van der Waals surface area contributed by atoms with Crippen molar-refractivity contribution < 1.29 is 0 Å². The molecule has 0 aliphatic heterocycles. The summed E-state index contributed by atoms with van der Waals surface area (Å²) in [6, 6.07) is 2.19. The van der Waals surface area contributed by atoms with Gasteiger partial charge in [-0.1, -0.05) is 31.4 Å². The lowest BCUT2D eigenvalue weighted by Gasteiger charge is -2.32. The third kappa shape index (κ3) is 2.59. The summed E-state index contributed by atoms with van der Waals surface area (Å²) in [5.74, 6) is 7.15. The highest BCUT2D eigenvalue weighted by molar-refractivity contribution is 7.10. The Morgan fingerprint density at radius 1 is 1.56 bits per heavy atom. The normalized spacial score (nSPS) is 27.9. The van der Waals surface area contributed by atoms with Crippen molar-refractivity contribution in [2.75, 3.05) is 0 Å². The third-order valence-electron chi connectivity index (χ3n) is 3.56. The molecule has 1 aliphatic rings. The summed E-state index contributed by atoms with van der Waals surface area (Å²) >= 11 is 7.89. The molecule has 2 rings (SSSR count). The van der Waals surface area contributed by atoms with E-state index in [0.717, 1.165) is 10.9 Å². The minimum absolute atomic E-state index is 0.232. The Hall–Kier alpha value is -0.0900. The van der Waals surface area contributed by atoms with Crippen LogP contribution in [0.2, 0.25) is 5.02 Å². The summed E-state index contributed by atoms with van der Waals surface area (Å²) in [6.07, 6.45) is 5.18. The first-order valence-corrected chi connectivity index (χ1v) is 7.17. The summed E-state index contributed by atoms with van der Waals surface area (Å²) in [7, 11) is 0. The van der Waals surface area contributed by atoms with Crippen LogP contribution in [-0.2, 0) is 0 Å². The molecule has 0 spiro atoms. The van der Waals surface area contributed by atoms with E-state index in [1.807, 2.05) is 11.4 Å². The van der Waals surface area contributed by atoms with E-state index in [0.29, 0.717) is 5.92 Å². The molecular weight excluding hydrogens is 240 g/mol. The van der Waals surface area contributed by atoms with Crippen LogP contribution in [0.3, 0.4) is 0 Å². The van der Waals surface area contributed by atoms with Crippen molar-refractivity contribution in [3.63, 3.8) is 0 Å². The van der Waals surface area contributed by atoms with Gasteiger partial charge in [-0.05, 0) is 36.1 Å². The number of nitrogens with two attached hydrogens (primary N) is 1. The van der Waals surface area contributed by atoms with Gasteiger partial charge in [-0.3, -0.25) is 11.3 Å². The predicted molar refractivity (Wildman–Crippen MR) is 70.5 cm³/mol. The van der Waals surface area contributed by atoms with Crippen LogP contribution in [0.25, 0.3) is 0 Å². The van der Waals surface area contributed by atoms with Gasteiger partial charge in [0.25, 0.3) is 0 Å². The molecule has 1 aromatic rings. The number of hydrogen-bond acceptors (Lipinski definition) is 3. The lowest BCUT2D eigenvalue weighted by molar-refractivity contribution is 0.226. The topological polar surface area (TPSA) is 38.0 Å². The van der Waals surface area contributed by atoms with Gasteiger partial charge in [-0.25, -0.2) is 0 Å². The lowest BCUT2D eigenvalue weighted by Crippen LogP contribution is -2.35. The molecule has 16 heavy (non-hydrogen) atoms. The number of halogens is 1. The third-order valence-corrected chi connectivity index (χ3v) is 5.00. The highest BCUT2D eigenvalue weighted by Crippen LogP contribution is 2.40. The molecule has 1 aliphatic carbocycles. The minimum Gasteiger partial charge on any atom is -0.271 e. The van der Waals surface area contributed by atoms with Crippen LogP contribution in [0.1, 0.15) is 43.5 Å². The van der Waals surface area contributed by atoms with Crippen molar-refractivity contribution >= 4 is 22.9 Å². The monoisotopic (exact) mass is 258 g/mol. The fourth-order valence-electron chi connectivity index (χ4n) is 2.74. The standard InChI is InChI=1S/C12H19ClN2S/c1-8-3-2-4-9(7-8)11(15-14)12-10(13)5-6-16-12/h5-6,8-9,11,15H,2-4,7,14H2,1H3. The first-order valence-electron chi connectivity index (χ1n) is 5.91. The van der Waals surface area contributed by atoms with Crippen molar-refractivity contribution in [1.82, 2.24) is 5.43 Å². The number of nitrogens with one attached hydrogen (secondary N) is 1. The Morgan fingerprint density at radius 3 is 2.94 bits per heavy atom. The smallest absolute Gasteiger partial charge is 0.0596 e. The van der Waals surface area contributed by atoms with E-state index in [1.54, 1.807) is 11.3 Å².